The van der Waals surface area contributed by atoms with Crippen LogP contribution in [0.4, 0.5) is 0 Å². The quantitative estimate of drug-likeness (QED) is 0.589. The molecule has 0 spiro atoms. The highest BCUT2D eigenvalue weighted by Gasteiger charge is 2.21. The third-order valence-corrected chi connectivity index (χ3v) is 3.48. The second kappa shape index (κ2) is 7.97. The number of aromatic nitrogens is 2. The molecule has 0 unspecified atom stereocenters. The number of amides is 1. The van der Waals surface area contributed by atoms with Crippen LogP contribution in [-0.4, -0.2) is 38.7 Å². The summed E-state index contributed by atoms with van der Waals surface area (Å²) >= 11 is 1.20. The highest BCUT2D eigenvalue weighted by molar-refractivity contribution is 7.99. The molecule has 6 nitrogen and oxygen atoms in total. The third-order valence-electron chi connectivity index (χ3n) is 2.63. The number of carbonyl (C=O) groups is 2. The molecule has 0 aromatic carbocycles. The standard InChI is InChI=1S/C14H21N3O3S/c1-8(2)5-11(13(19)20)17-12(18)7-21-14-15-9(3)6-10(4)16-14/h6,8,11H,5,7H2,1-4H3,(H,17,18)(H,19,20)/t11-/m1/s1. The molecule has 0 aliphatic heterocycles. The van der Waals surface area contributed by atoms with E-state index < -0.39 is 12.0 Å². The van der Waals surface area contributed by atoms with Gasteiger partial charge in [-0.1, -0.05) is 25.6 Å². The Bertz CT molecular complexity index is 500. The fourth-order valence-electron chi connectivity index (χ4n) is 1.82. The van der Waals surface area contributed by atoms with Crippen LogP contribution in [0, 0.1) is 19.8 Å². The maximum absolute atomic E-state index is 11.8. The first-order valence-corrected chi connectivity index (χ1v) is 7.73. The largest absolute Gasteiger partial charge is 0.480 e. The van der Waals surface area contributed by atoms with E-state index in [0.29, 0.717) is 11.6 Å². The van der Waals surface area contributed by atoms with Gasteiger partial charge in [-0.2, -0.15) is 0 Å². The first-order chi connectivity index (χ1) is 9.77. The minimum atomic E-state index is -1.01. The molecule has 1 aromatic rings. The number of aryl methyl sites for hydroxylation is 2. The van der Waals surface area contributed by atoms with E-state index in [4.69, 9.17) is 5.11 Å². The Hall–Kier alpha value is -1.63. The van der Waals surface area contributed by atoms with Gasteiger partial charge in [0, 0.05) is 11.4 Å². The summed E-state index contributed by atoms with van der Waals surface area (Å²) in [5.74, 6) is -1.03. The first kappa shape index (κ1) is 17.4. The lowest BCUT2D eigenvalue weighted by Crippen LogP contribution is -2.42. The van der Waals surface area contributed by atoms with Gasteiger partial charge < -0.3 is 10.4 Å². The molecule has 1 atom stereocenters. The van der Waals surface area contributed by atoms with Crippen LogP contribution in [0.15, 0.2) is 11.2 Å². The lowest BCUT2D eigenvalue weighted by molar-refractivity contribution is -0.141. The van der Waals surface area contributed by atoms with Crippen molar-refractivity contribution in [3.05, 3.63) is 17.5 Å². The van der Waals surface area contributed by atoms with Crippen LogP contribution in [0.3, 0.4) is 0 Å². The van der Waals surface area contributed by atoms with Crippen molar-refractivity contribution in [2.45, 2.75) is 45.3 Å². The SMILES string of the molecule is Cc1cc(C)nc(SCC(=O)N[C@H](CC(C)C)C(=O)O)n1. The summed E-state index contributed by atoms with van der Waals surface area (Å²) in [6.07, 6.45) is 0.409. The number of rotatable bonds is 7. The van der Waals surface area contributed by atoms with Crippen LogP contribution in [0.5, 0.6) is 0 Å². The van der Waals surface area contributed by atoms with Crippen molar-refractivity contribution < 1.29 is 14.7 Å². The van der Waals surface area contributed by atoms with E-state index in [9.17, 15) is 9.59 Å². The molecule has 116 valence electrons. The number of carboxylic acid groups (broad SMARTS) is 1. The number of carbonyl (C=O) groups excluding carboxylic acids is 1. The molecular formula is C14H21N3O3S. The van der Waals surface area contributed by atoms with E-state index in [1.54, 1.807) is 0 Å². The zero-order valence-electron chi connectivity index (χ0n) is 12.7. The molecule has 1 amide bonds. The second-order valence-corrected chi connectivity index (χ2v) is 6.25. The fraction of sp³-hybridized carbons (Fsp3) is 0.571. The molecule has 0 saturated carbocycles. The van der Waals surface area contributed by atoms with Crippen LogP contribution in [0.1, 0.15) is 31.7 Å². The van der Waals surface area contributed by atoms with Crippen molar-refractivity contribution >= 4 is 23.6 Å². The molecule has 7 heteroatoms. The Morgan fingerprint density at radius 3 is 2.33 bits per heavy atom. The van der Waals surface area contributed by atoms with Gasteiger partial charge in [0.25, 0.3) is 0 Å². The number of hydrogen-bond donors (Lipinski definition) is 2. The summed E-state index contributed by atoms with van der Waals surface area (Å²) in [6, 6.07) is 1.01. The summed E-state index contributed by atoms with van der Waals surface area (Å²) < 4.78 is 0. The molecule has 0 aliphatic rings. The molecule has 1 rings (SSSR count). The van der Waals surface area contributed by atoms with Gasteiger partial charge in [-0.05, 0) is 32.3 Å². The third kappa shape index (κ3) is 6.57. The number of thioether (sulfide) groups is 1. The summed E-state index contributed by atoms with van der Waals surface area (Å²) in [6.45, 7) is 7.56. The molecule has 1 aromatic heterocycles. The first-order valence-electron chi connectivity index (χ1n) is 6.75. The van der Waals surface area contributed by atoms with Crippen molar-refractivity contribution in [2.24, 2.45) is 5.92 Å². The molecule has 0 fully saturated rings. The van der Waals surface area contributed by atoms with Gasteiger partial charge >= 0.3 is 5.97 Å². The minimum Gasteiger partial charge on any atom is -0.480 e. The van der Waals surface area contributed by atoms with Gasteiger partial charge in [0.2, 0.25) is 5.91 Å². The highest BCUT2D eigenvalue weighted by atomic mass is 32.2. The molecule has 0 aliphatic carbocycles. The van der Waals surface area contributed by atoms with Crippen LogP contribution >= 0.6 is 11.8 Å². The molecule has 1 heterocycles. The van der Waals surface area contributed by atoms with Crippen molar-refractivity contribution in [3.63, 3.8) is 0 Å². The molecule has 2 N–H and O–H groups in total. The number of aliphatic carboxylic acids is 1. The predicted molar refractivity (Wildman–Crippen MR) is 81.3 cm³/mol. The van der Waals surface area contributed by atoms with E-state index in [0.717, 1.165) is 11.4 Å². The Kier molecular flexibility index (Phi) is 6.61. The van der Waals surface area contributed by atoms with Gasteiger partial charge in [-0.25, -0.2) is 14.8 Å². The molecule has 0 bridgehead atoms. The van der Waals surface area contributed by atoms with Crippen LogP contribution in [0.25, 0.3) is 0 Å². The Balaban J connectivity index is 2.54. The lowest BCUT2D eigenvalue weighted by Gasteiger charge is -2.16. The fourth-order valence-corrected chi connectivity index (χ4v) is 2.58. The number of nitrogens with one attached hydrogen (secondary N) is 1. The zero-order chi connectivity index (χ0) is 16.0. The van der Waals surface area contributed by atoms with Crippen molar-refractivity contribution in [2.75, 3.05) is 5.75 Å². The van der Waals surface area contributed by atoms with E-state index >= 15 is 0 Å². The highest BCUT2D eigenvalue weighted by Crippen LogP contribution is 2.14. The average Bonchev–Trinajstić information content (AvgIpc) is 2.33. The topological polar surface area (TPSA) is 92.2 Å². The number of carboxylic acids is 1. The maximum atomic E-state index is 11.8. The van der Waals surface area contributed by atoms with Crippen LogP contribution in [-0.2, 0) is 9.59 Å². The number of hydrogen-bond acceptors (Lipinski definition) is 5. The monoisotopic (exact) mass is 311 g/mol. The molecular weight excluding hydrogens is 290 g/mol. The Morgan fingerprint density at radius 2 is 1.86 bits per heavy atom. The predicted octanol–water partition coefficient (Wildman–Crippen LogP) is 1.80. The van der Waals surface area contributed by atoms with Crippen molar-refractivity contribution in [1.82, 2.24) is 15.3 Å². The summed E-state index contributed by atoms with van der Waals surface area (Å²) in [7, 11) is 0. The second-order valence-electron chi connectivity index (χ2n) is 5.31. The Morgan fingerprint density at radius 1 is 1.29 bits per heavy atom. The van der Waals surface area contributed by atoms with E-state index in [-0.39, 0.29) is 17.6 Å². The van der Waals surface area contributed by atoms with E-state index in [2.05, 4.69) is 15.3 Å². The minimum absolute atomic E-state index is 0.102. The molecule has 0 radical (unpaired) electrons. The summed E-state index contributed by atoms with van der Waals surface area (Å²) in [5, 5.41) is 12.1. The molecule has 21 heavy (non-hydrogen) atoms. The van der Waals surface area contributed by atoms with Crippen LogP contribution < -0.4 is 5.32 Å². The van der Waals surface area contributed by atoms with Crippen molar-refractivity contribution in [1.29, 1.82) is 0 Å². The van der Waals surface area contributed by atoms with E-state index in [1.807, 2.05) is 33.8 Å². The Labute approximate surface area is 128 Å². The average molecular weight is 311 g/mol. The van der Waals surface area contributed by atoms with Crippen LogP contribution in [0.2, 0.25) is 0 Å². The van der Waals surface area contributed by atoms with Gasteiger partial charge in [0.1, 0.15) is 6.04 Å². The normalized spacial score (nSPS) is 12.2. The van der Waals surface area contributed by atoms with Gasteiger partial charge in [0.15, 0.2) is 5.16 Å². The smallest absolute Gasteiger partial charge is 0.326 e. The molecule has 0 saturated heterocycles. The zero-order valence-corrected chi connectivity index (χ0v) is 13.5. The summed E-state index contributed by atoms with van der Waals surface area (Å²) in [5.41, 5.74) is 1.68. The van der Waals surface area contributed by atoms with Gasteiger partial charge in [-0.3, -0.25) is 4.79 Å². The lowest BCUT2D eigenvalue weighted by atomic mass is 10.0. The van der Waals surface area contributed by atoms with Crippen molar-refractivity contribution in [3.8, 4) is 0 Å². The van der Waals surface area contributed by atoms with E-state index in [1.165, 1.54) is 11.8 Å². The summed E-state index contributed by atoms with van der Waals surface area (Å²) in [4.78, 5) is 31.4. The maximum Gasteiger partial charge on any atom is 0.326 e. The van der Waals surface area contributed by atoms with Gasteiger partial charge in [0.05, 0.1) is 5.75 Å². The number of nitrogens with zero attached hydrogens (tertiary/aromatic N) is 2. The van der Waals surface area contributed by atoms with Gasteiger partial charge in [-0.15, -0.1) is 0 Å².